The predicted octanol–water partition coefficient (Wildman–Crippen LogP) is 2.76. The lowest BCUT2D eigenvalue weighted by Crippen LogP contribution is -2.40. The normalized spacial score (nSPS) is 12.3. The first-order valence-corrected chi connectivity index (χ1v) is 7.54. The molecule has 0 saturated carbocycles. The number of halogens is 3. The van der Waals surface area contributed by atoms with Crippen molar-refractivity contribution in [1.82, 2.24) is 10.6 Å². The summed E-state index contributed by atoms with van der Waals surface area (Å²) in [5.74, 6) is 5.46. The van der Waals surface area contributed by atoms with Gasteiger partial charge in [-0.1, -0.05) is 31.8 Å². The third-order valence-electron chi connectivity index (χ3n) is 3.00. The molecule has 0 aliphatic rings. The van der Waals surface area contributed by atoms with Crippen molar-refractivity contribution in [1.29, 1.82) is 0 Å². The van der Waals surface area contributed by atoms with Crippen LogP contribution in [-0.4, -0.2) is 30.3 Å². The second kappa shape index (κ2) is 9.18. The summed E-state index contributed by atoms with van der Waals surface area (Å²) in [7, 11) is 0. The molecule has 24 heavy (non-hydrogen) atoms. The van der Waals surface area contributed by atoms with Crippen molar-refractivity contribution in [3.05, 3.63) is 35.4 Å². The van der Waals surface area contributed by atoms with Gasteiger partial charge in [0.15, 0.2) is 0 Å². The molecule has 1 atom stereocenters. The summed E-state index contributed by atoms with van der Waals surface area (Å²) in [6.07, 6.45) is -4.45. The molecule has 4 nitrogen and oxygen atoms in total. The van der Waals surface area contributed by atoms with Crippen LogP contribution in [-0.2, 0) is 6.18 Å². The first-order chi connectivity index (χ1) is 11.2. The van der Waals surface area contributed by atoms with Gasteiger partial charge >= 0.3 is 12.2 Å². The van der Waals surface area contributed by atoms with Crippen LogP contribution in [0.1, 0.15) is 31.4 Å². The second-order valence-electron chi connectivity index (χ2n) is 5.73. The van der Waals surface area contributed by atoms with Crippen molar-refractivity contribution in [2.24, 2.45) is 5.92 Å². The monoisotopic (exact) mass is 342 g/mol. The third kappa shape index (κ3) is 7.88. The molecule has 1 unspecified atom stereocenters. The molecule has 132 valence electrons. The molecule has 1 rings (SSSR count). The number of carbonyl (C=O) groups excluding carboxylic acids is 1. The van der Waals surface area contributed by atoms with E-state index in [0.29, 0.717) is 12.3 Å². The molecule has 0 spiro atoms. The van der Waals surface area contributed by atoms with Crippen molar-refractivity contribution in [3.8, 4) is 11.8 Å². The molecule has 0 heterocycles. The highest BCUT2D eigenvalue weighted by Crippen LogP contribution is 2.29. The number of aliphatic hydroxyl groups excluding tert-OH is 1. The van der Waals surface area contributed by atoms with Crippen molar-refractivity contribution in [2.75, 3.05) is 13.1 Å². The fourth-order valence-corrected chi connectivity index (χ4v) is 1.94. The van der Waals surface area contributed by atoms with Crippen LogP contribution in [0.5, 0.6) is 0 Å². The zero-order valence-electron chi connectivity index (χ0n) is 13.6. The van der Waals surface area contributed by atoms with E-state index in [9.17, 15) is 23.1 Å². The van der Waals surface area contributed by atoms with Gasteiger partial charge in [0.2, 0.25) is 0 Å². The minimum absolute atomic E-state index is 0.0116. The van der Waals surface area contributed by atoms with Gasteiger partial charge in [0, 0.05) is 12.1 Å². The number of nitrogens with one attached hydrogen (secondary N) is 2. The van der Waals surface area contributed by atoms with Gasteiger partial charge in [0.05, 0.1) is 18.2 Å². The summed E-state index contributed by atoms with van der Waals surface area (Å²) >= 11 is 0. The van der Waals surface area contributed by atoms with Gasteiger partial charge in [0.1, 0.15) is 0 Å². The highest BCUT2D eigenvalue weighted by molar-refractivity contribution is 5.74. The maximum atomic E-state index is 12.6. The molecule has 0 aromatic heterocycles. The van der Waals surface area contributed by atoms with E-state index >= 15 is 0 Å². The Balaban J connectivity index is 2.40. The van der Waals surface area contributed by atoms with Gasteiger partial charge in [-0.25, -0.2) is 4.79 Å². The zero-order chi connectivity index (χ0) is 18.2. The van der Waals surface area contributed by atoms with Gasteiger partial charge in [-0.15, -0.1) is 0 Å². The number of amides is 2. The van der Waals surface area contributed by atoms with Crippen LogP contribution in [0.4, 0.5) is 18.0 Å². The van der Waals surface area contributed by atoms with E-state index in [1.807, 2.05) is 13.8 Å². The molecule has 3 N–H and O–H groups in total. The Hall–Kier alpha value is -2.20. The van der Waals surface area contributed by atoms with Gasteiger partial charge < -0.3 is 15.7 Å². The van der Waals surface area contributed by atoms with E-state index in [0.717, 1.165) is 12.1 Å². The number of rotatable bonds is 5. The third-order valence-corrected chi connectivity index (χ3v) is 3.00. The minimum Gasteiger partial charge on any atom is -0.391 e. The van der Waals surface area contributed by atoms with E-state index in [-0.39, 0.29) is 18.7 Å². The smallest absolute Gasteiger partial charge is 0.391 e. The highest BCUT2D eigenvalue weighted by atomic mass is 19.4. The van der Waals surface area contributed by atoms with Crippen molar-refractivity contribution in [3.63, 3.8) is 0 Å². The summed E-state index contributed by atoms with van der Waals surface area (Å²) in [4.78, 5) is 11.5. The van der Waals surface area contributed by atoms with Crippen molar-refractivity contribution in [2.45, 2.75) is 32.5 Å². The molecule has 2 amide bonds. The van der Waals surface area contributed by atoms with E-state index in [1.54, 1.807) is 0 Å². The first-order valence-electron chi connectivity index (χ1n) is 7.54. The molecule has 0 bridgehead atoms. The van der Waals surface area contributed by atoms with Crippen LogP contribution >= 0.6 is 0 Å². The Morgan fingerprint density at radius 2 is 2.00 bits per heavy atom. The summed E-state index contributed by atoms with van der Waals surface area (Å²) in [6.45, 7) is 4.05. The Morgan fingerprint density at radius 3 is 2.62 bits per heavy atom. The van der Waals surface area contributed by atoms with Crippen molar-refractivity contribution < 1.29 is 23.1 Å². The van der Waals surface area contributed by atoms with E-state index < -0.39 is 23.9 Å². The topological polar surface area (TPSA) is 61.4 Å². The number of alkyl halides is 3. The lowest BCUT2D eigenvalue weighted by molar-refractivity contribution is -0.137. The average Bonchev–Trinajstić information content (AvgIpc) is 2.48. The summed E-state index contributed by atoms with van der Waals surface area (Å²) in [5.41, 5.74) is -0.543. The van der Waals surface area contributed by atoms with Crippen LogP contribution in [0.15, 0.2) is 24.3 Å². The Bertz CT molecular complexity index is 604. The summed E-state index contributed by atoms with van der Waals surface area (Å²) in [5, 5.41) is 14.6. The van der Waals surface area contributed by atoms with E-state index in [4.69, 9.17) is 0 Å². The van der Waals surface area contributed by atoms with Crippen LogP contribution in [0.3, 0.4) is 0 Å². The highest BCUT2D eigenvalue weighted by Gasteiger charge is 2.30. The summed E-state index contributed by atoms with van der Waals surface area (Å²) < 4.78 is 37.7. The average molecular weight is 342 g/mol. The molecular weight excluding hydrogens is 321 g/mol. The fraction of sp³-hybridized carbons (Fsp3) is 0.471. The number of hydrogen-bond acceptors (Lipinski definition) is 2. The molecular formula is C17H21F3N2O2. The number of urea groups is 1. The second-order valence-corrected chi connectivity index (χ2v) is 5.73. The van der Waals surface area contributed by atoms with Crippen LogP contribution in [0, 0.1) is 17.8 Å². The maximum Gasteiger partial charge on any atom is 0.416 e. The predicted molar refractivity (Wildman–Crippen MR) is 85.2 cm³/mol. The Labute approximate surface area is 139 Å². The standard InChI is InChI=1S/C17H21F3N2O2/c1-12(2)9-15(23)11-22-16(24)21-8-4-6-13-5-3-7-14(10-13)17(18,19)20/h3,5,7,10,12,15,23H,8-9,11H2,1-2H3,(H2,21,22,24). The molecule has 1 aromatic rings. The number of aliphatic hydroxyl groups is 1. The molecule has 0 aliphatic heterocycles. The number of benzene rings is 1. The quantitative estimate of drug-likeness (QED) is 0.721. The number of carbonyl (C=O) groups is 1. The minimum atomic E-state index is -4.41. The summed E-state index contributed by atoms with van der Waals surface area (Å²) in [6, 6.07) is 4.18. The molecule has 0 aliphatic carbocycles. The van der Waals surface area contributed by atoms with Crippen molar-refractivity contribution >= 4 is 6.03 Å². The molecule has 1 aromatic carbocycles. The van der Waals surface area contributed by atoms with E-state index in [2.05, 4.69) is 22.5 Å². The van der Waals surface area contributed by atoms with Crippen LogP contribution in [0.2, 0.25) is 0 Å². The first kappa shape index (κ1) is 19.8. The van der Waals surface area contributed by atoms with Gasteiger partial charge in [-0.05, 0) is 30.5 Å². The van der Waals surface area contributed by atoms with Crippen LogP contribution < -0.4 is 10.6 Å². The molecule has 0 radical (unpaired) electrons. The fourth-order valence-electron chi connectivity index (χ4n) is 1.94. The van der Waals surface area contributed by atoms with E-state index in [1.165, 1.54) is 12.1 Å². The van der Waals surface area contributed by atoms with Gasteiger partial charge in [-0.2, -0.15) is 13.2 Å². The van der Waals surface area contributed by atoms with Gasteiger partial charge in [-0.3, -0.25) is 0 Å². The maximum absolute atomic E-state index is 12.6. The van der Waals surface area contributed by atoms with Crippen LogP contribution in [0.25, 0.3) is 0 Å². The largest absolute Gasteiger partial charge is 0.416 e. The lowest BCUT2D eigenvalue weighted by Gasteiger charge is -2.13. The van der Waals surface area contributed by atoms with Gasteiger partial charge in [0.25, 0.3) is 0 Å². The molecule has 0 saturated heterocycles. The number of hydrogen-bond donors (Lipinski definition) is 3. The SMILES string of the molecule is CC(C)CC(O)CNC(=O)NCC#Cc1cccc(C(F)(F)F)c1. The molecule has 0 fully saturated rings. The lowest BCUT2D eigenvalue weighted by atomic mass is 10.1. The zero-order valence-corrected chi connectivity index (χ0v) is 13.6. The Morgan fingerprint density at radius 1 is 1.29 bits per heavy atom. The Kier molecular flexibility index (Phi) is 7.59. The molecule has 7 heteroatoms.